The first-order chi connectivity index (χ1) is 7.27. The molecule has 3 aromatic rings. The number of aromatic nitrogens is 4. The van der Waals surface area contributed by atoms with Gasteiger partial charge in [-0.1, -0.05) is 0 Å². The molecule has 15 heavy (non-hydrogen) atoms. The van der Waals surface area contributed by atoms with E-state index in [0.717, 1.165) is 11.2 Å². The maximum Gasteiger partial charge on any atom is 0.323 e. The second-order valence-corrected chi connectivity index (χ2v) is 3.15. The van der Waals surface area contributed by atoms with E-state index in [1.54, 1.807) is 35.2 Å². The number of nitrogens with zero attached hydrogens (tertiary/aromatic N) is 4. The van der Waals surface area contributed by atoms with Crippen LogP contribution in [0, 0.1) is 0 Å². The number of carbonyl (C=O) groups excluding carboxylic acids is 1. The molecule has 0 unspecified atom stereocenters. The minimum Gasteiger partial charge on any atom is -0.351 e. The Hall–Kier alpha value is -2.37. The third-order valence-corrected chi connectivity index (χ3v) is 2.31. The lowest BCUT2D eigenvalue weighted by atomic mass is 10.4. The standard InChI is InChI=1S/C9H7N5O/c10-9(15)13-4-2-6-7(13)5-11-8-1-3-12-14(6)8/h1-5H,(H2,10,15). The van der Waals surface area contributed by atoms with Gasteiger partial charge in [-0.25, -0.2) is 14.3 Å². The number of fused-ring (bicyclic) bond motifs is 3. The van der Waals surface area contributed by atoms with E-state index < -0.39 is 6.03 Å². The van der Waals surface area contributed by atoms with Crippen LogP contribution in [0.4, 0.5) is 4.79 Å². The zero-order chi connectivity index (χ0) is 10.4. The van der Waals surface area contributed by atoms with E-state index in [2.05, 4.69) is 10.1 Å². The van der Waals surface area contributed by atoms with E-state index in [9.17, 15) is 4.79 Å². The van der Waals surface area contributed by atoms with E-state index in [-0.39, 0.29) is 0 Å². The summed E-state index contributed by atoms with van der Waals surface area (Å²) in [7, 11) is 0. The fourth-order valence-electron chi connectivity index (χ4n) is 1.64. The molecule has 0 aliphatic rings. The Morgan fingerprint density at radius 3 is 3.00 bits per heavy atom. The SMILES string of the molecule is NC(=O)n1ccc2c1cnc1ccnn12. The number of hydrogen-bond donors (Lipinski definition) is 1. The van der Waals surface area contributed by atoms with E-state index in [1.807, 2.05) is 0 Å². The smallest absolute Gasteiger partial charge is 0.323 e. The van der Waals surface area contributed by atoms with Gasteiger partial charge in [-0.3, -0.25) is 4.57 Å². The van der Waals surface area contributed by atoms with Gasteiger partial charge < -0.3 is 5.73 Å². The van der Waals surface area contributed by atoms with Gasteiger partial charge in [0.05, 0.1) is 23.4 Å². The van der Waals surface area contributed by atoms with E-state index >= 15 is 0 Å². The van der Waals surface area contributed by atoms with Gasteiger partial charge in [-0.2, -0.15) is 5.10 Å². The summed E-state index contributed by atoms with van der Waals surface area (Å²) >= 11 is 0. The number of nitrogens with two attached hydrogens (primary N) is 1. The maximum atomic E-state index is 11.1. The van der Waals surface area contributed by atoms with Crippen molar-refractivity contribution in [1.29, 1.82) is 0 Å². The van der Waals surface area contributed by atoms with Crippen LogP contribution in [0.2, 0.25) is 0 Å². The molecule has 74 valence electrons. The highest BCUT2D eigenvalue weighted by molar-refractivity contribution is 5.89. The first kappa shape index (κ1) is 7.98. The Morgan fingerprint density at radius 2 is 2.20 bits per heavy atom. The molecule has 6 heteroatoms. The fourth-order valence-corrected chi connectivity index (χ4v) is 1.64. The Morgan fingerprint density at radius 1 is 1.33 bits per heavy atom. The molecule has 0 aliphatic heterocycles. The van der Waals surface area contributed by atoms with Crippen molar-refractivity contribution in [2.24, 2.45) is 5.73 Å². The van der Waals surface area contributed by atoms with Crippen LogP contribution in [-0.2, 0) is 0 Å². The van der Waals surface area contributed by atoms with Gasteiger partial charge in [0.2, 0.25) is 0 Å². The summed E-state index contributed by atoms with van der Waals surface area (Å²) in [5.74, 6) is 0. The summed E-state index contributed by atoms with van der Waals surface area (Å²) in [5.41, 5.74) is 7.41. The van der Waals surface area contributed by atoms with Crippen LogP contribution >= 0.6 is 0 Å². The third kappa shape index (κ3) is 0.954. The molecule has 3 aromatic heterocycles. The van der Waals surface area contributed by atoms with Crippen LogP contribution in [0.5, 0.6) is 0 Å². The predicted octanol–water partition coefficient (Wildman–Crippen LogP) is 0.611. The van der Waals surface area contributed by atoms with Crippen LogP contribution < -0.4 is 5.73 Å². The lowest BCUT2D eigenvalue weighted by Gasteiger charge is -1.99. The molecule has 0 radical (unpaired) electrons. The number of amides is 1. The van der Waals surface area contributed by atoms with Crippen molar-refractivity contribution in [3.63, 3.8) is 0 Å². The van der Waals surface area contributed by atoms with Crippen LogP contribution in [0.3, 0.4) is 0 Å². The first-order valence-corrected chi connectivity index (χ1v) is 4.37. The number of rotatable bonds is 0. The largest absolute Gasteiger partial charge is 0.351 e. The minimum absolute atomic E-state index is 0.529. The van der Waals surface area contributed by atoms with Crippen molar-refractivity contribution in [3.8, 4) is 0 Å². The highest BCUT2D eigenvalue weighted by Gasteiger charge is 2.08. The molecule has 2 N–H and O–H groups in total. The summed E-state index contributed by atoms with van der Waals surface area (Å²) in [4.78, 5) is 15.2. The molecule has 0 aliphatic carbocycles. The average molecular weight is 201 g/mol. The predicted molar refractivity (Wildman–Crippen MR) is 53.5 cm³/mol. The van der Waals surface area contributed by atoms with Gasteiger partial charge >= 0.3 is 6.03 Å². The highest BCUT2D eigenvalue weighted by Crippen LogP contribution is 2.15. The average Bonchev–Trinajstić information content (AvgIpc) is 2.82. The number of hydrogen-bond acceptors (Lipinski definition) is 3. The Labute approximate surface area is 83.9 Å². The molecular weight excluding hydrogens is 194 g/mol. The lowest BCUT2D eigenvalue weighted by molar-refractivity contribution is 0.251. The molecule has 3 rings (SSSR count). The van der Waals surface area contributed by atoms with Gasteiger partial charge in [-0.05, 0) is 6.07 Å². The van der Waals surface area contributed by atoms with Gasteiger partial charge in [0.1, 0.15) is 0 Å². The fraction of sp³-hybridized carbons (Fsp3) is 0. The molecule has 0 aromatic carbocycles. The van der Waals surface area contributed by atoms with E-state index in [4.69, 9.17) is 5.73 Å². The molecule has 3 heterocycles. The van der Waals surface area contributed by atoms with Gasteiger partial charge in [0.15, 0.2) is 5.65 Å². The van der Waals surface area contributed by atoms with Crippen molar-refractivity contribution in [3.05, 3.63) is 30.7 Å². The molecule has 6 nitrogen and oxygen atoms in total. The second-order valence-electron chi connectivity index (χ2n) is 3.15. The molecule has 0 atom stereocenters. The van der Waals surface area contributed by atoms with E-state index in [0.29, 0.717) is 5.52 Å². The molecule has 0 bridgehead atoms. The molecule has 0 spiro atoms. The lowest BCUT2D eigenvalue weighted by Crippen LogP contribution is -2.18. The summed E-state index contributed by atoms with van der Waals surface area (Å²) in [6, 6.07) is 3.04. The molecule has 0 saturated heterocycles. The van der Waals surface area contributed by atoms with Crippen LogP contribution in [0.25, 0.3) is 16.7 Å². The van der Waals surface area contributed by atoms with Crippen molar-refractivity contribution >= 4 is 22.7 Å². The zero-order valence-electron chi connectivity index (χ0n) is 7.66. The maximum absolute atomic E-state index is 11.1. The second kappa shape index (κ2) is 2.57. The first-order valence-electron chi connectivity index (χ1n) is 4.37. The Balaban J connectivity index is 2.51. The molecule has 0 fully saturated rings. The molecule has 1 amide bonds. The number of carbonyl (C=O) groups is 1. The van der Waals surface area contributed by atoms with E-state index in [1.165, 1.54) is 4.57 Å². The summed E-state index contributed by atoms with van der Waals surface area (Å²) in [6.07, 6.45) is 4.87. The molecular formula is C9H7N5O. The number of primary amides is 1. The topological polar surface area (TPSA) is 78.2 Å². The molecule has 0 saturated carbocycles. The van der Waals surface area contributed by atoms with Gasteiger partial charge in [0.25, 0.3) is 0 Å². The minimum atomic E-state index is -0.529. The summed E-state index contributed by atoms with van der Waals surface area (Å²) in [5, 5.41) is 4.11. The highest BCUT2D eigenvalue weighted by atomic mass is 16.2. The van der Waals surface area contributed by atoms with Crippen LogP contribution in [0.15, 0.2) is 30.7 Å². The van der Waals surface area contributed by atoms with Crippen molar-refractivity contribution < 1.29 is 4.79 Å². The van der Waals surface area contributed by atoms with Crippen molar-refractivity contribution in [2.45, 2.75) is 0 Å². The third-order valence-electron chi connectivity index (χ3n) is 2.31. The van der Waals surface area contributed by atoms with Gasteiger partial charge in [0, 0.05) is 12.3 Å². The summed E-state index contributed by atoms with van der Waals surface area (Å²) < 4.78 is 3.00. The normalized spacial score (nSPS) is 11.2. The quantitative estimate of drug-likeness (QED) is 0.578. The Kier molecular flexibility index (Phi) is 1.37. The zero-order valence-corrected chi connectivity index (χ0v) is 7.66. The van der Waals surface area contributed by atoms with Crippen molar-refractivity contribution in [2.75, 3.05) is 0 Å². The summed E-state index contributed by atoms with van der Waals surface area (Å²) in [6.45, 7) is 0. The van der Waals surface area contributed by atoms with Crippen LogP contribution in [-0.4, -0.2) is 25.2 Å². The monoisotopic (exact) mass is 201 g/mol. The van der Waals surface area contributed by atoms with Gasteiger partial charge in [-0.15, -0.1) is 0 Å². The van der Waals surface area contributed by atoms with Crippen LogP contribution in [0.1, 0.15) is 0 Å². The van der Waals surface area contributed by atoms with Crippen molar-refractivity contribution in [1.82, 2.24) is 19.2 Å². The Bertz CT molecular complexity index is 665.